The summed E-state index contributed by atoms with van der Waals surface area (Å²) >= 11 is -1.64. The molecular formula is C26H26ClNO6Se. The second kappa shape index (κ2) is 12.2. The molecule has 35 heavy (non-hydrogen) atoms. The molecule has 0 fully saturated rings. The molecule has 1 atom stereocenters. The smallest absolute Gasteiger partial charge is 0.112 e. The maximum Gasteiger partial charge on any atom is -0.112 e. The van der Waals surface area contributed by atoms with Crippen molar-refractivity contribution in [2.75, 3.05) is 25.6 Å². The summed E-state index contributed by atoms with van der Waals surface area (Å²) in [5, 5.41) is 0. The van der Waals surface area contributed by atoms with Gasteiger partial charge in [0.2, 0.25) is 0 Å². The summed E-state index contributed by atoms with van der Waals surface area (Å²) in [5.74, 6) is 1.83. The molecule has 3 aromatic carbocycles. The van der Waals surface area contributed by atoms with Gasteiger partial charge in [0.15, 0.2) is 0 Å². The van der Waals surface area contributed by atoms with E-state index in [2.05, 4.69) is 90.7 Å². The maximum absolute atomic E-state index is 8.49. The van der Waals surface area contributed by atoms with Crippen LogP contribution >= 0.6 is 0 Å². The first-order chi connectivity index (χ1) is 16.6. The van der Waals surface area contributed by atoms with Crippen molar-refractivity contribution in [2.24, 2.45) is 0 Å². The number of nitrogens with zero attached hydrogens (tertiary/aromatic N) is 1. The third-order valence-electron chi connectivity index (χ3n) is 4.84. The van der Waals surface area contributed by atoms with Crippen LogP contribution in [0.3, 0.4) is 0 Å². The average molecular weight is 563 g/mol. The van der Waals surface area contributed by atoms with E-state index in [-0.39, 0.29) is 0 Å². The van der Waals surface area contributed by atoms with Gasteiger partial charge < -0.3 is 0 Å². The fourth-order valence-electron chi connectivity index (χ4n) is 3.23. The third-order valence-corrected chi connectivity index (χ3v) is 8.12. The van der Waals surface area contributed by atoms with Crippen LogP contribution in [-0.4, -0.2) is 34.5 Å². The van der Waals surface area contributed by atoms with Crippen LogP contribution in [0.25, 0.3) is 11.3 Å². The molecule has 0 spiro atoms. The van der Waals surface area contributed by atoms with Crippen LogP contribution in [0.2, 0.25) is 0 Å². The van der Waals surface area contributed by atoms with E-state index in [0.717, 1.165) is 17.1 Å². The van der Waals surface area contributed by atoms with Crippen molar-refractivity contribution < 1.29 is 37.1 Å². The zero-order chi connectivity index (χ0) is 25.4. The number of anilines is 1. The van der Waals surface area contributed by atoms with Gasteiger partial charge in [-0.25, -0.2) is 18.6 Å². The summed E-state index contributed by atoms with van der Waals surface area (Å²) in [6.45, 7) is 2.67. The Kier molecular flexibility index (Phi) is 9.37. The molecule has 1 aliphatic rings. The molecule has 9 heteroatoms. The van der Waals surface area contributed by atoms with Gasteiger partial charge >= 0.3 is 183 Å². The maximum atomic E-state index is 8.49. The van der Waals surface area contributed by atoms with Gasteiger partial charge in [-0.1, -0.05) is 0 Å². The van der Waals surface area contributed by atoms with E-state index in [9.17, 15) is 0 Å². The van der Waals surface area contributed by atoms with Crippen LogP contribution in [0.4, 0.5) is 5.69 Å². The van der Waals surface area contributed by atoms with Gasteiger partial charge in [-0.2, -0.15) is 0 Å². The predicted molar refractivity (Wildman–Crippen MR) is 127 cm³/mol. The van der Waals surface area contributed by atoms with Crippen molar-refractivity contribution in [2.45, 2.75) is 6.92 Å². The Morgan fingerprint density at radius 3 is 1.97 bits per heavy atom. The second-order valence-electron chi connectivity index (χ2n) is 7.55. The SMILES string of the molecule is CCOc1ccc([Se]2=[O+]C(c3ccccc3)=CC(c3ccc(N(C)C)cc3)=C2)cc1.[O-][Cl+3]([O-])([O-])[O-]. The molecule has 1 unspecified atom stereocenters. The molecule has 7 nitrogen and oxygen atoms in total. The number of hydrogen-bond acceptors (Lipinski definition) is 6. The molecule has 0 aliphatic carbocycles. The third kappa shape index (κ3) is 8.42. The minimum absolute atomic E-state index is 0.670. The molecule has 3 aromatic rings. The molecule has 0 saturated heterocycles. The number of allylic oxidation sites excluding steroid dienone is 2. The van der Waals surface area contributed by atoms with Gasteiger partial charge in [0.1, 0.15) is 0 Å². The quantitative estimate of drug-likeness (QED) is 0.314. The fourth-order valence-corrected chi connectivity index (χ4v) is 6.28. The van der Waals surface area contributed by atoms with E-state index >= 15 is 0 Å². The number of hydrogen-bond donors (Lipinski definition) is 0. The molecule has 1 aliphatic heterocycles. The van der Waals surface area contributed by atoms with E-state index in [1.165, 1.54) is 21.3 Å². The monoisotopic (exact) mass is 563 g/mol. The first-order valence-corrected chi connectivity index (χ1v) is 14.4. The van der Waals surface area contributed by atoms with Crippen molar-refractivity contribution >= 4 is 35.3 Å². The van der Waals surface area contributed by atoms with Crippen LogP contribution in [0.1, 0.15) is 18.1 Å². The van der Waals surface area contributed by atoms with E-state index in [0.29, 0.717) is 6.61 Å². The molecule has 1 heterocycles. The van der Waals surface area contributed by atoms with Crippen LogP contribution in [-0.2, 0) is 3.47 Å². The van der Waals surface area contributed by atoms with Gasteiger partial charge in [-0.3, -0.25) is 0 Å². The van der Waals surface area contributed by atoms with Crippen LogP contribution in [0.5, 0.6) is 5.75 Å². The van der Waals surface area contributed by atoms with Crippen molar-refractivity contribution in [3.63, 3.8) is 0 Å². The first kappa shape index (κ1) is 26.8. The average Bonchev–Trinajstić information content (AvgIpc) is 2.84. The summed E-state index contributed by atoms with van der Waals surface area (Å²) < 4.78 is 47.3. The van der Waals surface area contributed by atoms with E-state index in [1.807, 2.05) is 25.1 Å². The minimum atomic E-state index is -4.94. The fraction of sp³-hybridized carbons (Fsp3) is 0.154. The van der Waals surface area contributed by atoms with Crippen molar-refractivity contribution in [3.05, 3.63) is 101 Å². The molecule has 0 N–H and O–H groups in total. The Morgan fingerprint density at radius 2 is 1.43 bits per heavy atom. The van der Waals surface area contributed by atoms with Crippen molar-refractivity contribution in [1.29, 1.82) is 0 Å². The van der Waals surface area contributed by atoms with Gasteiger partial charge in [0, 0.05) is 0 Å². The molecule has 0 bridgehead atoms. The summed E-state index contributed by atoms with van der Waals surface area (Å²) in [6, 6.07) is 27.4. The first-order valence-electron chi connectivity index (χ1n) is 10.7. The number of rotatable bonds is 6. The molecule has 0 amide bonds. The van der Waals surface area contributed by atoms with E-state index < -0.39 is 24.1 Å². The summed E-state index contributed by atoms with van der Waals surface area (Å²) in [7, 11) is -0.825. The van der Waals surface area contributed by atoms with Gasteiger partial charge in [-0.15, -0.1) is 10.2 Å². The topological polar surface area (TPSA) is 116 Å². The largest absolute Gasteiger partial charge is 0.222 e. The van der Waals surface area contributed by atoms with E-state index in [4.69, 9.17) is 26.8 Å². The Morgan fingerprint density at radius 1 is 0.829 bits per heavy atom. The Bertz CT molecular complexity index is 1200. The van der Waals surface area contributed by atoms with Crippen LogP contribution in [0, 0.1) is 10.2 Å². The molecule has 0 aromatic heterocycles. The number of benzene rings is 3. The van der Waals surface area contributed by atoms with Gasteiger partial charge in [0.05, 0.1) is 0 Å². The zero-order valence-corrected chi connectivity index (χ0v) is 22.0. The second-order valence-corrected chi connectivity index (χ2v) is 11.4. The predicted octanol–water partition coefficient (Wildman–Crippen LogP) is 0.238. The van der Waals surface area contributed by atoms with Gasteiger partial charge in [0.25, 0.3) is 0 Å². The molecule has 4 rings (SSSR count). The number of halogens is 1. The molecule has 0 saturated carbocycles. The van der Waals surface area contributed by atoms with Crippen molar-refractivity contribution in [1.82, 2.24) is 0 Å². The summed E-state index contributed by atoms with van der Waals surface area (Å²) in [4.78, 5) is 4.43. The molecule has 0 radical (unpaired) electrons. The van der Waals surface area contributed by atoms with Gasteiger partial charge in [-0.05, 0) is 0 Å². The van der Waals surface area contributed by atoms with Crippen LogP contribution < -0.4 is 32.7 Å². The standard InChI is InChI=1S/C26H26NO2Se.ClHO4/c1-4-28-24-14-16-25(17-15-24)30-19-22(20-10-12-23(13-11-20)27(2)3)18-26(29-30)21-8-6-5-7-9-21;2-1(3,4)5/h5-19H,4H2,1-3H3;(H,2,3,4,5)/q+1;/p-1. The van der Waals surface area contributed by atoms with E-state index in [1.54, 1.807) is 0 Å². The minimum Gasteiger partial charge on any atom is -0.222 e. The van der Waals surface area contributed by atoms with Crippen molar-refractivity contribution in [3.8, 4) is 5.75 Å². The Hall–Kier alpha value is -2.81. The number of ether oxygens (including phenoxy) is 1. The molecular weight excluding hydrogens is 537 g/mol. The zero-order valence-electron chi connectivity index (χ0n) is 19.6. The Balaban J connectivity index is 0.000000623. The Labute approximate surface area is 211 Å². The normalized spacial score (nSPS) is 15.1. The van der Waals surface area contributed by atoms with Crippen LogP contribution in [0.15, 0.2) is 89.9 Å². The summed E-state index contributed by atoms with van der Waals surface area (Å²) in [6.07, 6.45) is 2.16. The molecule has 184 valence electrons. The summed E-state index contributed by atoms with van der Waals surface area (Å²) in [5.41, 5.74) is 4.71.